The number of benzene rings is 1. The Kier molecular flexibility index (Phi) is 6.56. The Morgan fingerprint density at radius 3 is 2.55 bits per heavy atom. The summed E-state index contributed by atoms with van der Waals surface area (Å²) in [5, 5.41) is 0. The van der Waals surface area contributed by atoms with E-state index in [1.54, 1.807) is 17.2 Å². The van der Waals surface area contributed by atoms with Crippen LogP contribution in [0.5, 0.6) is 0 Å². The molecule has 4 aromatic rings. The van der Waals surface area contributed by atoms with E-state index in [0.717, 1.165) is 32.4 Å². The van der Waals surface area contributed by atoms with Gasteiger partial charge in [0.15, 0.2) is 5.65 Å². The molecule has 0 radical (unpaired) electrons. The van der Waals surface area contributed by atoms with Crippen LogP contribution in [0.15, 0.2) is 24.8 Å². The maximum atomic E-state index is 15.5. The van der Waals surface area contributed by atoms with Crippen molar-refractivity contribution in [1.82, 2.24) is 34.0 Å². The minimum absolute atomic E-state index is 0.154. The summed E-state index contributed by atoms with van der Waals surface area (Å²) in [7, 11) is 0. The van der Waals surface area contributed by atoms with Crippen molar-refractivity contribution in [3.63, 3.8) is 0 Å². The second kappa shape index (κ2) is 10.2. The van der Waals surface area contributed by atoms with E-state index in [9.17, 15) is 4.79 Å². The van der Waals surface area contributed by atoms with Crippen LogP contribution < -0.4 is 4.90 Å². The third kappa shape index (κ3) is 4.75. The van der Waals surface area contributed by atoms with Crippen molar-refractivity contribution in [1.29, 1.82) is 0 Å². The van der Waals surface area contributed by atoms with E-state index in [-0.39, 0.29) is 18.1 Å². The molecule has 3 aliphatic heterocycles. The van der Waals surface area contributed by atoms with E-state index in [1.165, 1.54) is 6.07 Å². The van der Waals surface area contributed by atoms with Gasteiger partial charge >= 0.3 is 6.09 Å². The van der Waals surface area contributed by atoms with Gasteiger partial charge in [0.25, 0.3) is 0 Å². The molecule has 1 amide bonds. The molecule has 3 atom stereocenters. The largest absolute Gasteiger partial charge is 0.444 e. The van der Waals surface area contributed by atoms with E-state index in [2.05, 4.69) is 9.88 Å². The number of hydrogen-bond donors (Lipinski definition) is 0. The SMILES string of the molecule is CCn1cnc2cc(-c3nc(N4CC5CN(C(=O)OC(C)(C)C)CC5C4)nc4c3ncn4C3CCCCO3)cc(F)c21. The van der Waals surface area contributed by atoms with Crippen LogP contribution in [0.25, 0.3) is 33.5 Å². The Labute approximate surface area is 243 Å². The fourth-order valence-corrected chi connectivity index (χ4v) is 6.57. The Morgan fingerprint density at radius 1 is 1.07 bits per heavy atom. The molecule has 42 heavy (non-hydrogen) atoms. The van der Waals surface area contributed by atoms with E-state index in [4.69, 9.17) is 24.4 Å². The van der Waals surface area contributed by atoms with Crippen LogP contribution in [0.1, 0.15) is 53.2 Å². The first-order valence-corrected chi connectivity index (χ1v) is 14.9. The molecule has 0 bridgehead atoms. The van der Waals surface area contributed by atoms with Crippen LogP contribution in [0.2, 0.25) is 0 Å². The molecule has 12 heteroatoms. The number of rotatable bonds is 4. The average molecular weight is 577 g/mol. The van der Waals surface area contributed by atoms with Crippen molar-refractivity contribution < 1.29 is 18.7 Å². The highest BCUT2D eigenvalue weighted by Gasteiger charge is 2.43. The third-order valence-electron chi connectivity index (χ3n) is 8.58. The minimum atomic E-state index is -0.525. The van der Waals surface area contributed by atoms with Crippen molar-refractivity contribution in [3.8, 4) is 11.3 Å². The van der Waals surface area contributed by atoms with Gasteiger partial charge in [0.05, 0.1) is 18.2 Å². The lowest BCUT2D eigenvalue weighted by molar-refractivity contribution is -0.0298. The van der Waals surface area contributed by atoms with Crippen molar-refractivity contribution in [2.75, 3.05) is 37.7 Å². The van der Waals surface area contributed by atoms with Gasteiger partial charge < -0.3 is 23.8 Å². The maximum absolute atomic E-state index is 15.5. The molecule has 0 N–H and O–H groups in total. The monoisotopic (exact) mass is 576 g/mol. The summed E-state index contributed by atoms with van der Waals surface area (Å²) < 4.78 is 31.0. The van der Waals surface area contributed by atoms with Crippen molar-refractivity contribution in [3.05, 3.63) is 30.6 Å². The molecule has 0 aliphatic carbocycles. The number of hydrogen-bond acceptors (Lipinski definition) is 8. The van der Waals surface area contributed by atoms with Gasteiger partial charge in [-0.3, -0.25) is 4.57 Å². The number of fused-ring (bicyclic) bond motifs is 3. The summed E-state index contributed by atoms with van der Waals surface area (Å²) in [6.45, 7) is 11.7. The van der Waals surface area contributed by atoms with Gasteiger partial charge in [0.1, 0.15) is 34.4 Å². The zero-order chi connectivity index (χ0) is 29.2. The van der Waals surface area contributed by atoms with E-state index < -0.39 is 5.60 Å². The number of carbonyl (C=O) groups is 1. The molecular weight excluding hydrogens is 539 g/mol. The number of aryl methyl sites for hydroxylation is 1. The topological polar surface area (TPSA) is 103 Å². The quantitative estimate of drug-likeness (QED) is 0.334. The zero-order valence-electron chi connectivity index (χ0n) is 24.6. The number of likely N-dealkylation sites (tertiary alicyclic amines) is 1. The Bertz CT molecular complexity index is 1640. The summed E-state index contributed by atoms with van der Waals surface area (Å²) in [6, 6.07) is 3.40. The highest BCUT2D eigenvalue weighted by atomic mass is 19.1. The summed E-state index contributed by atoms with van der Waals surface area (Å²) in [5.41, 5.74) is 3.00. The fraction of sp³-hybridized carbons (Fsp3) is 0.567. The molecular formula is C30H37FN8O3. The lowest BCUT2D eigenvalue weighted by atomic mass is 10.0. The average Bonchev–Trinajstić information content (AvgIpc) is 3.73. The molecule has 3 fully saturated rings. The molecule has 3 aromatic heterocycles. The van der Waals surface area contributed by atoms with Crippen LogP contribution in [0, 0.1) is 17.7 Å². The molecule has 0 spiro atoms. The lowest BCUT2D eigenvalue weighted by Gasteiger charge is -2.26. The van der Waals surface area contributed by atoms with E-state index in [1.807, 2.05) is 43.2 Å². The Hall–Kier alpha value is -3.80. The number of anilines is 1. The fourth-order valence-electron chi connectivity index (χ4n) is 6.57. The summed E-state index contributed by atoms with van der Waals surface area (Å²) >= 11 is 0. The number of ether oxygens (including phenoxy) is 2. The highest BCUT2D eigenvalue weighted by molar-refractivity contribution is 5.92. The van der Waals surface area contributed by atoms with Crippen LogP contribution >= 0.6 is 0 Å². The van der Waals surface area contributed by atoms with Crippen molar-refractivity contribution in [2.45, 2.75) is 65.3 Å². The smallest absolute Gasteiger partial charge is 0.410 e. The van der Waals surface area contributed by atoms with Crippen LogP contribution in [-0.2, 0) is 16.0 Å². The predicted molar refractivity (Wildman–Crippen MR) is 156 cm³/mol. The molecule has 3 unspecified atom stereocenters. The molecule has 3 aliphatic rings. The molecule has 11 nitrogen and oxygen atoms in total. The van der Waals surface area contributed by atoms with Gasteiger partial charge in [-0.25, -0.2) is 24.1 Å². The second-order valence-electron chi connectivity index (χ2n) is 12.7. The first-order chi connectivity index (χ1) is 20.2. The van der Waals surface area contributed by atoms with Crippen LogP contribution in [0.4, 0.5) is 15.1 Å². The summed E-state index contributed by atoms with van der Waals surface area (Å²) in [5.74, 6) is 0.813. The first kappa shape index (κ1) is 27.1. The summed E-state index contributed by atoms with van der Waals surface area (Å²) in [6.07, 6.45) is 6.00. The predicted octanol–water partition coefficient (Wildman–Crippen LogP) is 5.00. The van der Waals surface area contributed by atoms with Crippen molar-refractivity contribution >= 4 is 34.2 Å². The second-order valence-corrected chi connectivity index (χ2v) is 12.7. The third-order valence-corrected chi connectivity index (χ3v) is 8.58. The maximum Gasteiger partial charge on any atom is 0.410 e. The van der Waals surface area contributed by atoms with Gasteiger partial charge in [-0.15, -0.1) is 0 Å². The molecule has 1 aromatic carbocycles. The minimum Gasteiger partial charge on any atom is -0.444 e. The zero-order valence-corrected chi connectivity index (χ0v) is 24.6. The molecule has 222 valence electrons. The van der Waals surface area contributed by atoms with E-state index >= 15 is 4.39 Å². The number of carbonyl (C=O) groups excluding carboxylic acids is 1. The number of imidazole rings is 2. The van der Waals surface area contributed by atoms with Gasteiger partial charge in [-0.05, 0) is 59.1 Å². The number of halogens is 1. The number of amides is 1. The lowest BCUT2D eigenvalue weighted by Crippen LogP contribution is -2.37. The highest BCUT2D eigenvalue weighted by Crippen LogP contribution is 2.37. The summed E-state index contributed by atoms with van der Waals surface area (Å²) in [4.78, 5) is 35.9. The molecule has 0 saturated carbocycles. The van der Waals surface area contributed by atoms with Gasteiger partial charge in [-0.2, -0.15) is 4.98 Å². The standard InChI is InChI=1S/C30H37FN8O3/c1-5-36-16-32-22-11-18(10-21(31)26(22)36)24-25-27(39(17-33-25)23-8-6-7-9-41-23)35-28(34-24)37-12-19-14-38(15-20(19)13-37)29(40)42-30(2,3)4/h10-11,16-17,19-20,23H,5-9,12-15H2,1-4H3. The number of nitrogens with zero attached hydrogens (tertiary/aromatic N) is 8. The van der Waals surface area contributed by atoms with Gasteiger partial charge in [-0.1, -0.05) is 0 Å². The molecule has 3 saturated heterocycles. The Morgan fingerprint density at radius 2 is 1.86 bits per heavy atom. The van der Waals surface area contributed by atoms with Crippen LogP contribution in [0.3, 0.4) is 0 Å². The molecule has 6 heterocycles. The number of aromatic nitrogens is 6. The normalized spacial score (nSPS) is 22.8. The van der Waals surface area contributed by atoms with Gasteiger partial charge in [0, 0.05) is 56.7 Å². The first-order valence-electron chi connectivity index (χ1n) is 14.9. The Balaban J connectivity index is 1.25. The molecule has 7 rings (SSSR count). The van der Waals surface area contributed by atoms with Crippen molar-refractivity contribution in [2.24, 2.45) is 11.8 Å². The van der Waals surface area contributed by atoms with Gasteiger partial charge in [0.2, 0.25) is 5.95 Å². The van der Waals surface area contributed by atoms with Crippen LogP contribution in [-0.4, -0.2) is 78.5 Å². The van der Waals surface area contributed by atoms with E-state index in [0.29, 0.717) is 77.5 Å².